The van der Waals surface area contributed by atoms with Crippen LogP contribution >= 0.6 is 0 Å². The van der Waals surface area contributed by atoms with Crippen molar-refractivity contribution in [3.05, 3.63) is 33.9 Å². The van der Waals surface area contributed by atoms with Crippen LogP contribution in [0, 0.1) is 16.0 Å². The molecule has 1 heterocycles. The lowest BCUT2D eigenvalue weighted by molar-refractivity contribution is -0.384. The van der Waals surface area contributed by atoms with Gasteiger partial charge in [-0.05, 0) is 31.4 Å². The van der Waals surface area contributed by atoms with Gasteiger partial charge in [-0.2, -0.15) is 0 Å². The Morgan fingerprint density at radius 1 is 1.41 bits per heavy atom. The Balaban J connectivity index is 1.80. The monoisotopic (exact) mass is 305 g/mol. The van der Waals surface area contributed by atoms with Gasteiger partial charge in [0.05, 0.1) is 4.92 Å². The predicted molar refractivity (Wildman–Crippen MR) is 80.8 cm³/mol. The van der Waals surface area contributed by atoms with Gasteiger partial charge in [-0.15, -0.1) is 0 Å². The van der Waals surface area contributed by atoms with Gasteiger partial charge in [0.25, 0.3) is 11.6 Å². The van der Waals surface area contributed by atoms with Crippen molar-refractivity contribution in [2.24, 2.45) is 5.92 Å². The first-order valence-corrected chi connectivity index (χ1v) is 7.53. The first-order valence-electron chi connectivity index (χ1n) is 7.53. The second-order valence-electron chi connectivity index (χ2n) is 6.00. The normalized spacial score (nSPS) is 21.0. The molecule has 1 unspecified atom stereocenters. The summed E-state index contributed by atoms with van der Waals surface area (Å²) in [6, 6.07) is 4.90. The zero-order valence-corrected chi connectivity index (χ0v) is 12.2. The minimum absolute atomic E-state index is 0.0596. The summed E-state index contributed by atoms with van der Waals surface area (Å²) in [4.78, 5) is 24.8. The van der Waals surface area contributed by atoms with Crippen molar-refractivity contribution in [1.29, 1.82) is 0 Å². The van der Waals surface area contributed by atoms with Crippen LogP contribution in [-0.4, -0.2) is 46.6 Å². The average Bonchev–Trinajstić information content (AvgIpc) is 3.20. The van der Waals surface area contributed by atoms with Crippen molar-refractivity contribution in [1.82, 2.24) is 4.90 Å². The molecule has 1 amide bonds. The van der Waals surface area contributed by atoms with Crippen LogP contribution in [0.2, 0.25) is 0 Å². The van der Waals surface area contributed by atoms with Crippen LogP contribution < -0.4 is 5.32 Å². The lowest BCUT2D eigenvalue weighted by Crippen LogP contribution is -2.29. The molecule has 2 fully saturated rings. The van der Waals surface area contributed by atoms with Gasteiger partial charge in [-0.1, -0.05) is 0 Å². The number of hydrogen-bond donors (Lipinski definition) is 2. The van der Waals surface area contributed by atoms with Crippen LogP contribution in [0.5, 0.6) is 0 Å². The maximum absolute atomic E-state index is 12.4. The van der Waals surface area contributed by atoms with E-state index in [4.69, 9.17) is 5.11 Å². The topological polar surface area (TPSA) is 95.7 Å². The molecule has 118 valence electrons. The minimum atomic E-state index is -0.456. The van der Waals surface area contributed by atoms with Crippen LogP contribution in [0.15, 0.2) is 18.2 Å². The van der Waals surface area contributed by atoms with E-state index >= 15 is 0 Å². The maximum Gasteiger partial charge on any atom is 0.293 e. The SMILES string of the molecule is O=C(c1ccc(NC2CC2)c([N+](=O)[O-])c1)N1CCC(CO)C1. The lowest BCUT2D eigenvalue weighted by Gasteiger charge is -2.16. The van der Waals surface area contributed by atoms with E-state index in [-0.39, 0.29) is 24.1 Å². The third-order valence-corrected chi connectivity index (χ3v) is 4.21. The number of nitrogens with one attached hydrogen (secondary N) is 1. The van der Waals surface area contributed by atoms with Crippen molar-refractivity contribution in [3.63, 3.8) is 0 Å². The molecule has 1 saturated heterocycles. The molecule has 1 aromatic rings. The van der Waals surface area contributed by atoms with Crippen LogP contribution in [0.4, 0.5) is 11.4 Å². The predicted octanol–water partition coefficient (Wildman–Crippen LogP) is 1.62. The molecule has 22 heavy (non-hydrogen) atoms. The third kappa shape index (κ3) is 3.04. The van der Waals surface area contributed by atoms with Crippen molar-refractivity contribution in [3.8, 4) is 0 Å². The van der Waals surface area contributed by atoms with Crippen LogP contribution in [0.1, 0.15) is 29.6 Å². The first kappa shape index (κ1) is 14.8. The molecule has 0 bridgehead atoms. The summed E-state index contributed by atoms with van der Waals surface area (Å²) in [7, 11) is 0. The number of aliphatic hydroxyl groups is 1. The molecule has 0 radical (unpaired) electrons. The summed E-state index contributed by atoms with van der Waals surface area (Å²) in [6.07, 6.45) is 2.81. The second kappa shape index (κ2) is 5.92. The molecule has 1 aliphatic heterocycles. The molecule has 7 heteroatoms. The van der Waals surface area contributed by atoms with Crippen molar-refractivity contribution >= 4 is 17.3 Å². The van der Waals surface area contributed by atoms with E-state index < -0.39 is 4.92 Å². The number of carbonyl (C=O) groups is 1. The highest BCUT2D eigenvalue weighted by molar-refractivity contribution is 5.96. The van der Waals surface area contributed by atoms with Gasteiger partial charge in [-0.25, -0.2) is 0 Å². The summed E-state index contributed by atoms with van der Waals surface area (Å²) in [5.41, 5.74) is 0.737. The molecular weight excluding hydrogens is 286 g/mol. The van der Waals surface area contributed by atoms with E-state index in [0.717, 1.165) is 19.3 Å². The molecule has 1 saturated carbocycles. The number of nitro benzene ring substituents is 1. The van der Waals surface area contributed by atoms with Gasteiger partial charge >= 0.3 is 0 Å². The summed E-state index contributed by atoms with van der Waals surface area (Å²) in [5.74, 6) is -0.105. The maximum atomic E-state index is 12.4. The molecule has 7 nitrogen and oxygen atoms in total. The molecular formula is C15H19N3O4. The summed E-state index contributed by atoms with van der Waals surface area (Å²) >= 11 is 0. The van der Waals surface area contributed by atoms with Crippen LogP contribution in [-0.2, 0) is 0 Å². The molecule has 2 N–H and O–H groups in total. The average molecular weight is 305 g/mol. The van der Waals surface area contributed by atoms with Crippen molar-refractivity contribution in [2.75, 3.05) is 25.0 Å². The zero-order chi connectivity index (χ0) is 15.7. The Morgan fingerprint density at radius 3 is 2.77 bits per heavy atom. The van der Waals surface area contributed by atoms with Crippen LogP contribution in [0.3, 0.4) is 0 Å². The van der Waals surface area contributed by atoms with Crippen molar-refractivity contribution < 1.29 is 14.8 Å². The first-order chi connectivity index (χ1) is 10.6. The summed E-state index contributed by atoms with van der Waals surface area (Å²) in [5, 5.41) is 23.5. The van der Waals surface area contributed by atoms with E-state index in [1.807, 2.05) is 0 Å². The van der Waals surface area contributed by atoms with E-state index in [1.165, 1.54) is 6.07 Å². The smallest absolute Gasteiger partial charge is 0.293 e. The largest absolute Gasteiger partial charge is 0.396 e. The van der Waals surface area contributed by atoms with E-state index in [0.29, 0.717) is 30.4 Å². The highest BCUT2D eigenvalue weighted by Gasteiger charge is 2.29. The number of anilines is 1. The highest BCUT2D eigenvalue weighted by atomic mass is 16.6. The molecule has 3 rings (SSSR count). The van der Waals surface area contributed by atoms with E-state index in [1.54, 1.807) is 17.0 Å². The number of likely N-dealkylation sites (tertiary alicyclic amines) is 1. The Labute approximate surface area is 128 Å². The molecule has 1 atom stereocenters. The van der Waals surface area contributed by atoms with Gasteiger partial charge in [0.2, 0.25) is 0 Å². The third-order valence-electron chi connectivity index (χ3n) is 4.21. The molecule has 1 aromatic carbocycles. The fraction of sp³-hybridized carbons (Fsp3) is 0.533. The number of rotatable bonds is 5. The quantitative estimate of drug-likeness (QED) is 0.636. The van der Waals surface area contributed by atoms with Gasteiger partial charge < -0.3 is 15.3 Å². The standard InChI is InChI=1S/C15H19N3O4/c19-9-10-5-6-17(8-10)15(20)11-1-4-13(16-12-2-3-12)14(7-11)18(21)22/h1,4,7,10,12,16,19H,2-3,5-6,8-9H2. The van der Waals surface area contributed by atoms with Gasteiger partial charge in [0, 0.05) is 43.3 Å². The fourth-order valence-corrected chi connectivity index (χ4v) is 2.73. The zero-order valence-electron chi connectivity index (χ0n) is 12.2. The van der Waals surface area contributed by atoms with Gasteiger partial charge in [-0.3, -0.25) is 14.9 Å². The van der Waals surface area contributed by atoms with E-state index in [2.05, 4.69) is 5.32 Å². The number of hydrogen-bond acceptors (Lipinski definition) is 5. The number of benzene rings is 1. The molecule has 0 spiro atoms. The van der Waals surface area contributed by atoms with Crippen molar-refractivity contribution in [2.45, 2.75) is 25.3 Å². The van der Waals surface area contributed by atoms with Crippen LogP contribution in [0.25, 0.3) is 0 Å². The minimum Gasteiger partial charge on any atom is -0.396 e. The van der Waals surface area contributed by atoms with Gasteiger partial charge in [0.1, 0.15) is 5.69 Å². The number of amides is 1. The second-order valence-corrected chi connectivity index (χ2v) is 6.00. The lowest BCUT2D eigenvalue weighted by atomic mass is 10.1. The summed E-state index contributed by atoms with van der Waals surface area (Å²) in [6.45, 7) is 1.15. The Bertz CT molecular complexity index is 600. The van der Waals surface area contributed by atoms with E-state index in [9.17, 15) is 14.9 Å². The number of carbonyl (C=O) groups excluding carboxylic acids is 1. The molecule has 0 aromatic heterocycles. The Hall–Kier alpha value is -2.15. The highest BCUT2D eigenvalue weighted by Crippen LogP contribution is 2.32. The van der Waals surface area contributed by atoms with Gasteiger partial charge in [0.15, 0.2) is 0 Å². The number of nitrogens with zero attached hydrogens (tertiary/aromatic N) is 2. The number of nitro groups is 1. The summed E-state index contributed by atoms with van der Waals surface area (Å²) < 4.78 is 0. The number of aliphatic hydroxyl groups excluding tert-OH is 1. The fourth-order valence-electron chi connectivity index (χ4n) is 2.73. The Morgan fingerprint density at radius 2 is 2.18 bits per heavy atom. The molecule has 2 aliphatic rings. The Kier molecular flexibility index (Phi) is 3.98. The molecule has 1 aliphatic carbocycles.